The quantitative estimate of drug-likeness (QED) is 0.857. The van der Waals surface area contributed by atoms with Crippen LogP contribution in [0.4, 0.5) is 9.18 Å². The van der Waals surface area contributed by atoms with Gasteiger partial charge in [0.1, 0.15) is 11.9 Å². The summed E-state index contributed by atoms with van der Waals surface area (Å²) in [6.07, 6.45) is -1.44. The highest BCUT2D eigenvalue weighted by Gasteiger charge is 2.38. The molecule has 0 spiro atoms. The van der Waals surface area contributed by atoms with Gasteiger partial charge in [-0.25, -0.2) is 9.18 Å². The molecule has 1 atom stereocenters. The smallest absolute Gasteiger partial charge is 0.408 e. The molecular formula is C13H12BrFN2O4. The van der Waals surface area contributed by atoms with Crippen molar-refractivity contribution < 1.29 is 23.9 Å². The van der Waals surface area contributed by atoms with Gasteiger partial charge in [0.25, 0.3) is 0 Å². The van der Waals surface area contributed by atoms with Gasteiger partial charge in [-0.05, 0) is 23.8 Å². The van der Waals surface area contributed by atoms with Gasteiger partial charge in [-0.1, -0.05) is 15.9 Å². The lowest BCUT2D eigenvalue weighted by Gasteiger charge is -2.19. The number of likely N-dealkylation sites (tertiary alicyclic amines) is 1. The van der Waals surface area contributed by atoms with Crippen molar-refractivity contribution in [3.05, 3.63) is 34.1 Å². The zero-order valence-electron chi connectivity index (χ0n) is 10.8. The Morgan fingerprint density at radius 3 is 2.76 bits per heavy atom. The van der Waals surface area contributed by atoms with Crippen molar-refractivity contribution in [1.82, 2.24) is 10.2 Å². The number of amides is 2. The molecule has 112 valence electrons. The standard InChI is InChI=1S/C13H12BrFN2O4/c14-8-1-7(2-9(15)3-8)5-16-12(19)11-4-10(18)6-17(11)13(20)21/h1-3,11H,4-6H2,(H,16,19)(H,20,21). The first-order valence-corrected chi connectivity index (χ1v) is 6.90. The van der Waals surface area contributed by atoms with Crippen LogP contribution in [-0.2, 0) is 16.1 Å². The van der Waals surface area contributed by atoms with Crippen molar-refractivity contribution in [2.24, 2.45) is 0 Å². The maximum atomic E-state index is 13.2. The maximum absolute atomic E-state index is 13.2. The molecule has 1 aromatic rings. The molecule has 6 nitrogen and oxygen atoms in total. The summed E-state index contributed by atoms with van der Waals surface area (Å²) in [5, 5.41) is 11.5. The number of Topliss-reactive ketones (excluding diaryl/α,β-unsaturated/α-hetero) is 1. The van der Waals surface area contributed by atoms with Crippen LogP contribution in [0.25, 0.3) is 0 Å². The fourth-order valence-corrected chi connectivity index (χ4v) is 2.66. The summed E-state index contributed by atoms with van der Waals surface area (Å²) in [6, 6.07) is 3.16. The van der Waals surface area contributed by atoms with Crippen LogP contribution in [0, 0.1) is 5.82 Å². The zero-order chi connectivity index (χ0) is 15.6. The van der Waals surface area contributed by atoms with E-state index in [4.69, 9.17) is 5.11 Å². The fraction of sp³-hybridized carbons (Fsp3) is 0.308. The lowest BCUT2D eigenvalue weighted by molar-refractivity contribution is -0.125. The van der Waals surface area contributed by atoms with Gasteiger partial charge in [0.2, 0.25) is 5.91 Å². The Kier molecular flexibility index (Phi) is 4.56. The normalized spacial score (nSPS) is 17.9. The largest absolute Gasteiger partial charge is 0.465 e. The summed E-state index contributed by atoms with van der Waals surface area (Å²) in [7, 11) is 0. The monoisotopic (exact) mass is 358 g/mol. The molecule has 2 N–H and O–H groups in total. The second-order valence-electron chi connectivity index (χ2n) is 4.66. The maximum Gasteiger partial charge on any atom is 0.408 e. The number of ketones is 1. The first kappa shape index (κ1) is 15.4. The van der Waals surface area contributed by atoms with Crippen LogP contribution in [0.3, 0.4) is 0 Å². The molecule has 0 radical (unpaired) electrons. The zero-order valence-corrected chi connectivity index (χ0v) is 12.4. The number of hydrogen-bond acceptors (Lipinski definition) is 3. The molecule has 0 saturated carbocycles. The van der Waals surface area contributed by atoms with Crippen LogP contribution < -0.4 is 5.32 Å². The minimum Gasteiger partial charge on any atom is -0.465 e. The Bertz CT molecular complexity index is 588. The Hall–Kier alpha value is -1.96. The van der Waals surface area contributed by atoms with Crippen LogP contribution in [0.1, 0.15) is 12.0 Å². The van der Waals surface area contributed by atoms with Gasteiger partial charge >= 0.3 is 6.09 Å². The molecule has 8 heteroatoms. The molecule has 0 aliphatic carbocycles. The molecule has 1 heterocycles. The highest BCUT2D eigenvalue weighted by atomic mass is 79.9. The summed E-state index contributed by atoms with van der Waals surface area (Å²) >= 11 is 3.14. The third-order valence-electron chi connectivity index (χ3n) is 3.08. The van der Waals surface area contributed by atoms with E-state index in [2.05, 4.69) is 21.2 Å². The topological polar surface area (TPSA) is 86.7 Å². The number of carbonyl (C=O) groups excluding carboxylic acids is 2. The Morgan fingerprint density at radius 2 is 2.14 bits per heavy atom. The van der Waals surface area contributed by atoms with E-state index in [1.807, 2.05) is 0 Å². The summed E-state index contributed by atoms with van der Waals surface area (Å²) < 4.78 is 13.7. The van der Waals surface area contributed by atoms with Crippen molar-refractivity contribution >= 4 is 33.7 Å². The van der Waals surface area contributed by atoms with E-state index in [0.29, 0.717) is 10.0 Å². The van der Waals surface area contributed by atoms with Crippen molar-refractivity contribution in [3.8, 4) is 0 Å². The number of nitrogens with one attached hydrogen (secondary N) is 1. The Morgan fingerprint density at radius 1 is 1.43 bits per heavy atom. The minimum atomic E-state index is -1.31. The second kappa shape index (κ2) is 6.21. The summed E-state index contributed by atoms with van der Waals surface area (Å²) in [5.74, 6) is -1.31. The third kappa shape index (κ3) is 3.78. The lowest BCUT2D eigenvalue weighted by Crippen LogP contribution is -2.45. The van der Waals surface area contributed by atoms with E-state index in [9.17, 15) is 18.8 Å². The van der Waals surface area contributed by atoms with Crippen LogP contribution in [-0.4, -0.2) is 40.4 Å². The van der Waals surface area contributed by atoms with Crippen molar-refractivity contribution in [2.75, 3.05) is 6.54 Å². The number of benzene rings is 1. The summed E-state index contributed by atoms with van der Waals surface area (Å²) in [6.45, 7) is -0.230. The molecule has 0 bridgehead atoms. The minimum absolute atomic E-state index is 0.0490. The van der Waals surface area contributed by atoms with Gasteiger partial charge in [-0.15, -0.1) is 0 Å². The molecule has 1 aliphatic rings. The SMILES string of the molecule is O=C1CC(C(=O)NCc2cc(F)cc(Br)c2)N(C(=O)O)C1. The average molecular weight is 359 g/mol. The Labute approximate surface area is 128 Å². The third-order valence-corrected chi connectivity index (χ3v) is 3.54. The highest BCUT2D eigenvalue weighted by molar-refractivity contribution is 9.10. The number of hydrogen-bond donors (Lipinski definition) is 2. The lowest BCUT2D eigenvalue weighted by atomic mass is 10.2. The van der Waals surface area contributed by atoms with Gasteiger partial charge in [-0.3, -0.25) is 14.5 Å². The van der Waals surface area contributed by atoms with E-state index in [1.165, 1.54) is 12.1 Å². The first-order chi connectivity index (χ1) is 9.86. The molecule has 1 saturated heterocycles. The van der Waals surface area contributed by atoms with Crippen LogP contribution in [0.5, 0.6) is 0 Å². The van der Waals surface area contributed by atoms with E-state index in [-0.39, 0.29) is 25.3 Å². The molecule has 0 aromatic heterocycles. The summed E-state index contributed by atoms with van der Waals surface area (Å²) in [4.78, 5) is 35.0. The predicted molar refractivity (Wildman–Crippen MR) is 74.1 cm³/mol. The van der Waals surface area contributed by atoms with E-state index < -0.39 is 23.9 Å². The number of rotatable bonds is 3. The van der Waals surface area contributed by atoms with Crippen molar-refractivity contribution in [3.63, 3.8) is 0 Å². The average Bonchev–Trinajstić information content (AvgIpc) is 2.77. The predicted octanol–water partition coefficient (Wildman–Crippen LogP) is 1.53. The van der Waals surface area contributed by atoms with Crippen LogP contribution in [0.2, 0.25) is 0 Å². The Balaban J connectivity index is 2.01. The van der Waals surface area contributed by atoms with Gasteiger partial charge in [0, 0.05) is 17.4 Å². The van der Waals surface area contributed by atoms with E-state index in [1.54, 1.807) is 6.07 Å². The van der Waals surface area contributed by atoms with Gasteiger partial charge in [0.05, 0.1) is 6.54 Å². The van der Waals surface area contributed by atoms with E-state index >= 15 is 0 Å². The summed E-state index contributed by atoms with van der Waals surface area (Å²) in [5.41, 5.74) is 0.529. The van der Waals surface area contributed by atoms with Gasteiger partial charge < -0.3 is 10.4 Å². The van der Waals surface area contributed by atoms with Crippen LogP contribution in [0.15, 0.2) is 22.7 Å². The molecule has 2 rings (SSSR count). The van der Waals surface area contributed by atoms with Crippen LogP contribution >= 0.6 is 15.9 Å². The van der Waals surface area contributed by atoms with E-state index in [0.717, 1.165) is 4.90 Å². The number of carbonyl (C=O) groups is 3. The molecule has 1 aliphatic heterocycles. The van der Waals surface area contributed by atoms with Gasteiger partial charge in [0.15, 0.2) is 5.78 Å². The molecule has 2 amide bonds. The number of nitrogens with zero attached hydrogens (tertiary/aromatic N) is 1. The highest BCUT2D eigenvalue weighted by Crippen LogP contribution is 2.17. The van der Waals surface area contributed by atoms with Gasteiger partial charge in [-0.2, -0.15) is 0 Å². The molecule has 1 fully saturated rings. The number of halogens is 2. The molecule has 1 unspecified atom stereocenters. The second-order valence-corrected chi connectivity index (χ2v) is 5.58. The number of carboxylic acid groups (broad SMARTS) is 1. The first-order valence-electron chi connectivity index (χ1n) is 6.11. The molecule has 21 heavy (non-hydrogen) atoms. The van der Waals surface area contributed by atoms with Crippen molar-refractivity contribution in [2.45, 2.75) is 19.0 Å². The molecule has 1 aromatic carbocycles. The van der Waals surface area contributed by atoms with Crippen molar-refractivity contribution in [1.29, 1.82) is 0 Å². The molecular weight excluding hydrogens is 347 g/mol. The fourth-order valence-electron chi connectivity index (χ4n) is 2.15.